The van der Waals surface area contributed by atoms with Gasteiger partial charge in [0.1, 0.15) is 5.60 Å². The number of rotatable bonds is 1. The van der Waals surface area contributed by atoms with Crippen LogP contribution in [0.15, 0.2) is 0 Å². The highest BCUT2D eigenvalue weighted by Gasteiger charge is 2.62. The van der Waals surface area contributed by atoms with Gasteiger partial charge in [-0.1, -0.05) is 19.8 Å². The van der Waals surface area contributed by atoms with Crippen LogP contribution in [-0.4, -0.2) is 24.6 Å². The van der Waals surface area contributed by atoms with Crippen LogP contribution in [0.2, 0.25) is 0 Å². The third kappa shape index (κ3) is 3.25. The van der Waals surface area contributed by atoms with Gasteiger partial charge >= 0.3 is 11.9 Å². The van der Waals surface area contributed by atoms with E-state index < -0.39 is 11.6 Å². The lowest BCUT2D eigenvalue weighted by molar-refractivity contribution is -0.147. The number of hydrogen-bond acceptors (Lipinski definition) is 4. The molecule has 0 bridgehead atoms. The molecule has 1 aliphatic rings. The summed E-state index contributed by atoms with van der Waals surface area (Å²) in [5, 5.41) is 0. The van der Waals surface area contributed by atoms with Gasteiger partial charge in [-0.25, -0.2) is 4.79 Å². The highest BCUT2D eigenvalue weighted by atomic mass is 16.6. The van der Waals surface area contributed by atoms with Crippen molar-refractivity contribution < 1.29 is 19.1 Å². The molecule has 2 atom stereocenters. The Morgan fingerprint density at radius 2 is 1.78 bits per heavy atom. The molecule has 0 radical (unpaired) electrons. The normalized spacial score (nSPS) is 24.6. The average Bonchev–Trinajstić information content (AvgIpc) is 2.74. The van der Waals surface area contributed by atoms with Crippen molar-refractivity contribution in [3.8, 4) is 11.8 Å². The predicted octanol–water partition coefficient (Wildman–Crippen LogP) is 1.78. The lowest BCUT2D eigenvalue weighted by Crippen LogP contribution is -2.22. The fourth-order valence-corrected chi connectivity index (χ4v) is 1.91. The van der Waals surface area contributed by atoms with Gasteiger partial charge in [0.25, 0.3) is 0 Å². The van der Waals surface area contributed by atoms with E-state index in [1.54, 1.807) is 20.8 Å². The molecule has 0 aromatic carbocycles. The summed E-state index contributed by atoms with van der Waals surface area (Å²) in [5.74, 6) is 4.03. The van der Waals surface area contributed by atoms with E-state index in [0.29, 0.717) is 0 Å². The van der Waals surface area contributed by atoms with Crippen LogP contribution < -0.4 is 0 Å². The molecule has 0 spiro atoms. The molecule has 0 saturated heterocycles. The second-order valence-corrected chi connectivity index (χ2v) is 6.07. The van der Waals surface area contributed by atoms with E-state index in [2.05, 4.69) is 11.8 Å². The van der Waals surface area contributed by atoms with E-state index in [4.69, 9.17) is 9.47 Å². The van der Waals surface area contributed by atoms with Crippen LogP contribution in [0.25, 0.3) is 0 Å². The zero-order valence-corrected chi connectivity index (χ0v) is 11.8. The first-order valence-electron chi connectivity index (χ1n) is 5.92. The minimum Gasteiger partial charge on any atom is -0.469 e. The Hall–Kier alpha value is -1.50. The van der Waals surface area contributed by atoms with Gasteiger partial charge in [-0.2, -0.15) is 0 Å². The van der Waals surface area contributed by atoms with Crippen LogP contribution in [0.3, 0.4) is 0 Å². The zero-order chi connectivity index (χ0) is 14.1. The van der Waals surface area contributed by atoms with Crippen molar-refractivity contribution in [2.75, 3.05) is 7.11 Å². The highest BCUT2D eigenvalue weighted by Crippen LogP contribution is 2.58. The van der Waals surface area contributed by atoms with Crippen LogP contribution >= 0.6 is 0 Å². The molecule has 1 aliphatic carbocycles. The Morgan fingerprint density at radius 1 is 1.22 bits per heavy atom. The minimum atomic E-state index is -0.561. The average molecular weight is 252 g/mol. The molecule has 1 fully saturated rings. The van der Waals surface area contributed by atoms with E-state index in [1.165, 1.54) is 7.11 Å². The fourth-order valence-electron chi connectivity index (χ4n) is 1.91. The first-order chi connectivity index (χ1) is 8.09. The Labute approximate surface area is 108 Å². The third-order valence-corrected chi connectivity index (χ3v) is 3.01. The molecule has 0 aromatic rings. The molecule has 4 nitrogen and oxygen atoms in total. The fraction of sp³-hybridized carbons (Fsp3) is 0.714. The summed E-state index contributed by atoms with van der Waals surface area (Å²) in [7, 11) is 1.36. The smallest absolute Gasteiger partial charge is 0.384 e. The van der Waals surface area contributed by atoms with Gasteiger partial charge in [-0.15, -0.1) is 0 Å². The largest absolute Gasteiger partial charge is 0.469 e. The maximum Gasteiger partial charge on any atom is 0.384 e. The Bertz CT molecular complexity index is 417. The molecule has 1 rings (SSSR count). The van der Waals surface area contributed by atoms with Crippen molar-refractivity contribution >= 4 is 11.9 Å². The summed E-state index contributed by atoms with van der Waals surface area (Å²) in [4.78, 5) is 22.9. The Kier molecular flexibility index (Phi) is 3.75. The third-order valence-electron chi connectivity index (χ3n) is 3.01. The predicted molar refractivity (Wildman–Crippen MR) is 66.4 cm³/mol. The van der Waals surface area contributed by atoms with Crippen LogP contribution in [0.5, 0.6) is 0 Å². The van der Waals surface area contributed by atoms with Gasteiger partial charge in [0.15, 0.2) is 0 Å². The van der Waals surface area contributed by atoms with E-state index in [1.807, 2.05) is 13.8 Å². The van der Waals surface area contributed by atoms with Crippen LogP contribution in [-0.2, 0) is 19.1 Å². The van der Waals surface area contributed by atoms with Crippen molar-refractivity contribution in [3.05, 3.63) is 0 Å². The number of methoxy groups -OCH3 is 1. The van der Waals surface area contributed by atoms with E-state index in [-0.39, 0.29) is 23.2 Å². The molecular formula is C14H20O4. The topological polar surface area (TPSA) is 52.6 Å². The van der Waals surface area contributed by atoms with Crippen molar-refractivity contribution in [2.45, 2.75) is 40.2 Å². The summed E-state index contributed by atoms with van der Waals surface area (Å²) in [6.45, 7) is 9.22. The molecule has 2 unspecified atom stereocenters. The van der Waals surface area contributed by atoms with Crippen LogP contribution in [0, 0.1) is 29.1 Å². The van der Waals surface area contributed by atoms with Crippen LogP contribution in [0.4, 0.5) is 0 Å². The van der Waals surface area contributed by atoms with Crippen molar-refractivity contribution in [1.29, 1.82) is 0 Å². The molecule has 100 valence electrons. The lowest BCUT2D eigenvalue weighted by atomic mass is 10.1. The first-order valence-corrected chi connectivity index (χ1v) is 5.92. The second-order valence-electron chi connectivity index (χ2n) is 6.07. The van der Waals surface area contributed by atoms with Crippen molar-refractivity contribution in [2.24, 2.45) is 17.3 Å². The SMILES string of the molecule is COC(=O)C1C(C#CC(=O)OC(C)(C)C)C1(C)C. The molecule has 0 aliphatic heterocycles. The second kappa shape index (κ2) is 4.64. The van der Waals surface area contributed by atoms with Gasteiger partial charge in [0.2, 0.25) is 0 Å². The molecule has 4 heteroatoms. The number of carbonyl (C=O) groups excluding carboxylic acids is 2. The molecule has 0 aromatic heterocycles. The Morgan fingerprint density at radius 3 is 2.22 bits per heavy atom. The van der Waals surface area contributed by atoms with E-state index in [0.717, 1.165) is 0 Å². The van der Waals surface area contributed by atoms with E-state index in [9.17, 15) is 9.59 Å². The van der Waals surface area contributed by atoms with Gasteiger partial charge in [-0.3, -0.25) is 4.79 Å². The molecule has 0 heterocycles. The standard InChI is InChI=1S/C14H20O4/c1-13(2,3)18-10(15)8-7-9-11(12(16)17-6)14(9,4)5/h9,11H,1-6H3. The van der Waals surface area contributed by atoms with Gasteiger partial charge < -0.3 is 9.47 Å². The summed E-state index contributed by atoms with van der Waals surface area (Å²) in [6.07, 6.45) is 0. The molecule has 0 N–H and O–H groups in total. The summed E-state index contributed by atoms with van der Waals surface area (Å²) < 4.78 is 9.78. The summed E-state index contributed by atoms with van der Waals surface area (Å²) in [5.41, 5.74) is -0.783. The minimum absolute atomic E-state index is 0.141. The molecule has 0 amide bonds. The molecule has 1 saturated carbocycles. The van der Waals surface area contributed by atoms with Gasteiger partial charge in [0.05, 0.1) is 13.0 Å². The molecular weight excluding hydrogens is 232 g/mol. The van der Waals surface area contributed by atoms with Crippen molar-refractivity contribution in [1.82, 2.24) is 0 Å². The zero-order valence-electron chi connectivity index (χ0n) is 11.8. The highest BCUT2D eigenvalue weighted by molar-refractivity contribution is 5.89. The van der Waals surface area contributed by atoms with Crippen molar-refractivity contribution in [3.63, 3.8) is 0 Å². The monoisotopic (exact) mass is 252 g/mol. The van der Waals surface area contributed by atoms with Gasteiger partial charge in [0, 0.05) is 11.8 Å². The quantitative estimate of drug-likeness (QED) is 0.405. The number of esters is 2. The maximum atomic E-state index is 11.5. The maximum absolute atomic E-state index is 11.5. The Balaban J connectivity index is 2.66. The summed E-state index contributed by atoms with van der Waals surface area (Å²) >= 11 is 0. The number of hydrogen-bond donors (Lipinski definition) is 0. The number of ether oxygens (including phenoxy) is 2. The van der Waals surface area contributed by atoms with E-state index >= 15 is 0 Å². The van der Waals surface area contributed by atoms with Crippen LogP contribution in [0.1, 0.15) is 34.6 Å². The van der Waals surface area contributed by atoms with Gasteiger partial charge in [-0.05, 0) is 26.2 Å². The number of carbonyl (C=O) groups is 2. The summed E-state index contributed by atoms with van der Waals surface area (Å²) in [6, 6.07) is 0. The lowest BCUT2D eigenvalue weighted by Gasteiger charge is -2.16. The first kappa shape index (κ1) is 14.6. The molecule has 18 heavy (non-hydrogen) atoms.